The minimum Gasteiger partial charge on any atom is -0.475 e. The minimum absolute atomic E-state index is 0.0824. The van der Waals surface area contributed by atoms with Crippen LogP contribution in [-0.2, 0) is 0 Å². The fourth-order valence-electron chi connectivity index (χ4n) is 1.78. The number of rotatable bonds is 3. The lowest BCUT2D eigenvalue weighted by atomic mass is 10.1. The quantitative estimate of drug-likeness (QED) is 0.942. The van der Waals surface area contributed by atoms with E-state index in [0.717, 1.165) is 15.7 Å². The number of benzene rings is 1. The van der Waals surface area contributed by atoms with Gasteiger partial charge in [0.2, 0.25) is 0 Å². The number of carboxylic acids is 1. The predicted molar refractivity (Wildman–Crippen MR) is 74.8 cm³/mol. The van der Waals surface area contributed by atoms with Gasteiger partial charge in [0.05, 0.1) is 5.69 Å². The molecule has 19 heavy (non-hydrogen) atoms. The fraction of sp³-hybridized carbons (Fsp3) is 0.308. The van der Waals surface area contributed by atoms with Crippen LogP contribution in [0.5, 0.6) is 0 Å². The van der Waals surface area contributed by atoms with Crippen LogP contribution >= 0.6 is 15.9 Å². The lowest BCUT2D eigenvalue weighted by Gasteiger charge is -2.11. The monoisotopic (exact) mass is 323 g/mol. The Hall–Kier alpha value is -1.69. The lowest BCUT2D eigenvalue weighted by molar-refractivity contribution is 0.0683. The van der Waals surface area contributed by atoms with Crippen molar-refractivity contribution in [3.05, 3.63) is 39.9 Å². The summed E-state index contributed by atoms with van der Waals surface area (Å²) >= 11 is 3.41. The maximum atomic E-state index is 11.0. The van der Waals surface area contributed by atoms with Crippen LogP contribution in [0.3, 0.4) is 0 Å². The van der Waals surface area contributed by atoms with Crippen molar-refractivity contribution in [3.63, 3.8) is 0 Å². The largest absolute Gasteiger partial charge is 0.475 e. The van der Waals surface area contributed by atoms with Crippen molar-refractivity contribution in [1.82, 2.24) is 14.8 Å². The Kier molecular flexibility index (Phi) is 3.71. The van der Waals surface area contributed by atoms with Gasteiger partial charge in [0.25, 0.3) is 5.82 Å². The summed E-state index contributed by atoms with van der Waals surface area (Å²) < 4.78 is 2.52. The summed E-state index contributed by atoms with van der Waals surface area (Å²) in [4.78, 5) is 15.1. The molecule has 6 heteroatoms. The zero-order valence-electron chi connectivity index (χ0n) is 10.9. The van der Waals surface area contributed by atoms with Gasteiger partial charge in [-0.2, -0.15) is 0 Å². The Bertz CT molecular complexity index is 635. The van der Waals surface area contributed by atoms with Gasteiger partial charge < -0.3 is 5.11 Å². The summed E-state index contributed by atoms with van der Waals surface area (Å²) in [5.74, 6) is -0.575. The second-order valence-corrected chi connectivity index (χ2v) is 5.51. The van der Waals surface area contributed by atoms with E-state index in [4.69, 9.17) is 5.11 Å². The van der Waals surface area contributed by atoms with Crippen LogP contribution in [0, 0.1) is 6.92 Å². The summed E-state index contributed by atoms with van der Waals surface area (Å²) in [5, 5.41) is 13.1. The molecule has 0 aliphatic heterocycles. The number of hydrogen-bond donors (Lipinski definition) is 1. The van der Waals surface area contributed by atoms with Crippen molar-refractivity contribution >= 4 is 21.9 Å². The first-order valence-corrected chi connectivity index (χ1v) is 6.66. The molecule has 0 bridgehead atoms. The highest BCUT2D eigenvalue weighted by atomic mass is 79.9. The van der Waals surface area contributed by atoms with Crippen molar-refractivity contribution in [2.24, 2.45) is 0 Å². The van der Waals surface area contributed by atoms with Crippen molar-refractivity contribution < 1.29 is 9.90 Å². The van der Waals surface area contributed by atoms with Crippen molar-refractivity contribution in [2.75, 3.05) is 0 Å². The SMILES string of the molecule is Cc1ccc(Br)cc1-n1nc(C(=O)O)nc1C(C)C. The Morgan fingerprint density at radius 1 is 1.42 bits per heavy atom. The highest BCUT2D eigenvalue weighted by molar-refractivity contribution is 9.10. The predicted octanol–water partition coefficient (Wildman–Crippen LogP) is 3.16. The van der Waals surface area contributed by atoms with E-state index in [-0.39, 0.29) is 11.7 Å². The van der Waals surface area contributed by atoms with E-state index in [9.17, 15) is 4.79 Å². The van der Waals surface area contributed by atoms with Gasteiger partial charge in [-0.15, -0.1) is 5.10 Å². The Morgan fingerprint density at radius 3 is 2.68 bits per heavy atom. The third-order valence-corrected chi connectivity index (χ3v) is 3.23. The topological polar surface area (TPSA) is 68.0 Å². The van der Waals surface area contributed by atoms with Crippen molar-refractivity contribution in [3.8, 4) is 5.69 Å². The molecule has 1 N–H and O–H groups in total. The number of aromatic nitrogens is 3. The van der Waals surface area contributed by atoms with Crippen LogP contribution in [0.4, 0.5) is 0 Å². The standard InChI is InChI=1S/C13H14BrN3O2/c1-7(2)12-15-11(13(18)19)16-17(12)10-6-9(14)5-4-8(10)3/h4-7H,1-3H3,(H,18,19). The molecule has 0 aliphatic rings. The minimum atomic E-state index is -1.12. The molecule has 0 spiro atoms. The number of carbonyl (C=O) groups is 1. The molecule has 100 valence electrons. The normalized spacial score (nSPS) is 11.0. The van der Waals surface area contributed by atoms with Crippen LogP contribution in [0.2, 0.25) is 0 Å². The second kappa shape index (κ2) is 5.13. The highest BCUT2D eigenvalue weighted by Crippen LogP contribution is 2.23. The lowest BCUT2D eigenvalue weighted by Crippen LogP contribution is -2.06. The molecule has 1 aromatic heterocycles. The number of aryl methyl sites for hydroxylation is 1. The molecule has 2 rings (SSSR count). The van der Waals surface area contributed by atoms with Crippen molar-refractivity contribution in [2.45, 2.75) is 26.7 Å². The maximum Gasteiger partial charge on any atom is 0.375 e. The van der Waals surface area contributed by atoms with Gasteiger partial charge in [-0.05, 0) is 24.6 Å². The molecule has 0 atom stereocenters. The van der Waals surface area contributed by atoms with Crippen LogP contribution in [-0.4, -0.2) is 25.8 Å². The molecule has 5 nitrogen and oxygen atoms in total. The number of carboxylic acid groups (broad SMARTS) is 1. The Labute approximate surface area is 119 Å². The summed E-state index contributed by atoms with van der Waals surface area (Å²) in [6.45, 7) is 5.87. The molecule has 0 amide bonds. The zero-order chi connectivity index (χ0) is 14.2. The summed E-state index contributed by atoms with van der Waals surface area (Å²) in [5.41, 5.74) is 1.84. The van der Waals surface area contributed by atoms with E-state index in [1.165, 1.54) is 0 Å². The zero-order valence-corrected chi connectivity index (χ0v) is 12.5. The molecule has 2 aromatic rings. The van der Waals surface area contributed by atoms with Crippen LogP contribution in [0.15, 0.2) is 22.7 Å². The van der Waals surface area contributed by atoms with E-state index in [0.29, 0.717) is 5.82 Å². The molecule has 0 unspecified atom stereocenters. The van der Waals surface area contributed by atoms with Gasteiger partial charge in [0.15, 0.2) is 0 Å². The van der Waals surface area contributed by atoms with E-state index in [1.54, 1.807) is 4.68 Å². The number of hydrogen-bond acceptors (Lipinski definition) is 3. The van der Waals surface area contributed by atoms with Gasteiger partial charge in [-0.25, -0.2) is 14.5 Å². The Balaban J connectivity index is 2.66. The number of aromatic carboxylic acids is 1. The maximum absolute atomic E-state index is 11.0. The van der Waals surface area contributed by atoms with Gasteiger partial charge in [-0.3, -0.25) is 0 Å². The van der Waals surface area contributed by atoms with Crippen LogP contribution < -0.4 is 0 Å². The Morgan fingerprint density at radius 2 is 2.11 bits per heavy atom. The summed E-state index contributed by atoms with van der Waals surface area (Å²) in [6.07, 6.45) is 0. The van der Waals surface area contributed by atoms with Crippen LogP contribution in [0.1, 0.15) is 41.8 Å². The molecule has 1 heterocycles. The summed E-state index contributed by atoms with van der Waals surface area (Å²) in [7, 11) is 0. The van der Waals surface area contributed by atoms with Crippen LogP contribution in [0.25, 0.3) is 5.69 Å². The highest BCUT2D eigenvalue weighted by Gasteiger charge is 2.19. The molecule has 0 radical (unpaired) electrons. The van der Waals surface area contributed by atoms with E-state index in [2.05, 4.69) is 26.0 Å². The first-order chi connectivity index (χ1) is 8.90. The average molecular weight is 324 g/mol. The molecular formula is C13H14BrN3O2. The second-order valence-electron chi connectivity index (χ2n) is 4.60. The first kappa shape index (κ1) is 13.7. The fourth-order valence-corrected chi connectivity index (χ4v) is 2.13. The number of halogens is 1. The molecule has 1 aromatic carbocycles. The van der Waals surface area contributed by atoms with Gasteiger partial charge >= 0.3 is 5.97 Å². The third-order valence-electron chi connectivity index (χ3n) is 2.74. The smallest absolute Gasteiger partial charge is 0.375 e. The van der Waals surface area contributed by atoms with Gasteiger partial charge in [-0.1, -0.05) is 35.8 Å². The first-order valence-electron chi connectivity index (χ1n) is 5.87. The number of nitrogens with zero attached hydrogens (tertiary/aromatic N) is 3. The van der Waals surface area contributed by atoms with Gasteiger partial charge in [0, 0.05) is 10.4 Å². The third kappa shape index (κ3) is 2.68. The summed E-state index contributed by atoms with van der Waals surface area (Å²) in [6, 6.07) is 5.79. The molecule has 0 saturated carbocycles. The molecular weight excluding hydrogens is 310 g/mol. The average Bonchev–Trinajstić information content (AvgIpc) is 2.77. The van der Waals surface area contributed by atoms with E-state index >= 15 is 0 Å². The van der Waals surface area contributed by atoms with Crippen molar-refractivity contribution in [1.29, 1.82) is 0 Å². The molecule has 0 fully saturated rings. The molecule has 0 aliphatic carbocycles. The van der Waals surface area contributed by atoms with E-state index < -0.39 is 5.97 Å². The molecule has 0 saturated heterocycles. The van der Waals surface area contributed by atoms with E-state index in [1.807, 2.05) is 39.0 Å². The van der Waals surface area contributed by atoms with Gasteiger partial charge in [0.1, 0.15) is 5.82 Å².